The Morgan fingerprint density at radius 3 is 2.15 bits per heavy atom. The number of rotatable bonds is 3. The molecule has 0 unspecified atom stereocenters. The molecule has 1 heterocycles. The lowest BCUT2D eigenvalue weighted by Crippen LogP contribution is -2.51. The Morgan fingerprint density at radius 2 is 1.56 bits per heavy atom. The molecule has 2 aromatic carbocycles. The van der Waals surface area contributed by atoms with Gasteiger partial charge in [0.25, 0.3) is 0 Å². The Kier molecular flexibility index (Phi) is 5.71. The van der Waals surface area contributed by atoms with Crippen LogP contribution < -0.4 is 0 Å². The molecule has 0 saturated carbocycles. The van der Waals surface area contributed by atoms with E-state index in [2.05, 4.69) is 17.0 Å². The zero-order valence-electron chi connectivity index (χ0n) is 16.3. The van der Waals surface area contributed by atoms with Gasteiger partial charge in [0.05, 0.1) is 6.04 Å². The van der Waals surface area contributed by atoms with Crippen molar-refractivity contribution in [1.82, 2.24) is 9.80 Å². The number of phenols is 1. The van der Waals surface area contributed by atoms with E-state index >= 15 is 0 Å². The van der Waals surface area contributed by atoms with E-state index in [9.17, 15) is 9.90 Å². The van der Waals surface area contributed by atoms with Crippen LogP contribution in [0.1, 0.15) is 37.9 Å². The first-order valence-corrected chi connectivity index (χ1v) is 9.40. The fourth-order valence-electron chi connectivity index (χ4n) is 3.43. The quantitative estimate of drug-likeness (QED) is 0.889. The molecule has 1 N–H and O–H groups in total. The summed E-state index contributed by atoms with van der Waals surface area (Å²) in [5.74, 6) is 0.293. The normalized spacial score (nSPS) is 16.8. The summed E-state index contributed by atoms with van der Waals surface area (Å²) in [6, 6.07) is 17.6. The summed E-state index contributed by atoms with van der Waals surface area (Å²) in [5.41, 5.74) is 1.52. The van der Waals surface area contributed by atoms with Crippen molar-refractivity contribution in [3.05, 3.63) is 65.7 Å². The van der Waals surface area contributed by atoms with Gasteiger partial charge in [-0.25, -0.2) is 4.79 Å². The lowest BCUT2D eigenvalue weighted by molar-refractivity contribution is 0.0118. The molecular formula is C22H28N2O3. The number of para-hydroxylation sites is 1. The number of nitrogens with zero attached hydrogens (tertiary/aromatic N) is 2. The molecule has 0 aromatic heterocycles. The summed E-state index contributed by atoms with van der Waals surface area (Å²) in [6.07, 6.45) is -0.263. The average molecular weight is 368 g/mol. The SMILES string of the molecule is CC(C)(C)OC(=O)N1CCN([C@@H](c2ccccc2)c2ccccc2O)CC1. The van der Waals surface area contributed by atoms with Gasteiger partial charge in [-0.3, -0.25) is 4.90 Å². The van der Waals surface area contributed by atoms with Gasteiger partial charge in [0.1, 0.15) is 11.4 Å². The van der Waals surface area contributed by atoms with Crippen LogP contribution in [0.4, 0.5) is 4.79 Å². The summed E-state index contributed by atoms with van der Waals surface area (Å²) in [5, 5.41) is 10.4. The molecule has 1 atom stereocenters. The van der Waals surface area contributed by atoms with Gasteiger partial charge in [-0.2, -0.15) is 0 Å². The maximum absolute atomic E-state index is 12.3. The van der Waals surface area contributed by atoms with Crippen molar-refractivity contribution in [2.75, 3.05) is 26.2 Å². The Hall–Kier alpha value is -2.53. The second kappa shape index (κ2) is 8.01. The highest BCUT2D eigenvalue weighted by atomic mass is 16.6. The minimum Gasteiger partial charge on any atom is -0.508 e. The van der Waals surface area contributed by atoms with Crippen molar-refractivity contribution in [2.45, 2.75) is 32.4 Å². The Labute approximate surface area is 161 Å². The first kappa shape index (κ1) is 19.2. The highest BCUT2D eigenvalue weighted by molar-refractivity contribution is 5.68. The number of hydrogen-bond donors (Lipinski definition) is 1. The third-order valence-corrected chi connectivity index (χ3v) is 4.68. The number of carbonyl (C=O) groups is 1. The van der Waals surface area contributed by atoms with Crippen LogP contribution in [-0.4, -0.2) is 52.8 Å². The molecule has 0 aliphatic carbocycles. The summed E-state index contributed by atoms with van der Waals surface area (Å²) < 4.78 is 5.49. The standard InChI is InChI=1S/C22H28N2O3/c1-22(2,3)27-21(26)24-15-13-23(14-16-24)20(17-9-5-4-6-10-17)18-11-7-8-12-19(18)25/h4-12,20,25H,13-16H2,1-3H3/t20-/m0/s1. The van der Waals surface area contributed by atoms with Crippen molar-refractivity contribution >= 4 is 6.09 Å². The second-order valence-electron chi connectivity index (χ2n) is 7.88. The molecule has 1 saturated heterocycles. The van der Waals surface area contributed by atoms with Crippen LogP contribution in [0.3, 0.4) is 0 Å². The molecule has 1 aliphatic heterocycles. The van der Waals surface area contributed by atoms with Gasteiger partial charge in [0, 0.05) is 31.7 Å². The number of hydrogen-bond acceptors (Lipinski definition) is 4. The number of amides is 1. The van der Waals surface area contributed by atoms with E-state index in [0.29, 0.717) is 31.9 Å². The van der Waals surface area contributed by atoms with E-state index in [1.807, 2.05) is 57.2 Å². The highest BCUT2D eigenvalue weighted by Gasteiger charge is 2.31. The van der Waals surface area contributed by atoms with Gasteiger partial charge in [0.2, 0.25) is 0 Å². The minimum atomic E-state index is -0.489. The monoisotopic (exact) mass is 368 g/mol. The molecule has 1 amide bonds. The number of benzene rings is 2. The highest BCUT2D eigenvalue weighted by Crippen LogP contribution is 2.34. The fraction of sp³-hybridized carbons (Fsp3) is 0.409. The molecule has 0 bridgehead atoms. The molecular weight excluding hydrogens is 340 g/mol. The van der Waals surface area contributed by atoms with Gasteiger partial charge < -0.3 is 14.7 Å². The topological polar surface area (TPSA) is 53.0 Å². The Bertz CT molecular complexity index is 763. The van der Waals surface area contributed by atoms with Crippen LogP contribution in [0.25, 0.3) is 0 Å². The Balaban J connectivity index is 1.78. The first-order valence-electron chi connectivity index (χ1n) is 9.40. The molecule has 2 aromatic rings. The van der Waals surface area contributed by atoms with Crippen molar-refractivity contribution in [2.24, 2.45) is 0 Å². The van der Waals surface area contributed by atoms with Crippen molar-refractivity contribution in [3.63, 3.8) is 0 Å². The zero-order valence-corrected chi connectivity index (χ0v) is 16.3. The van der Waals surface area contributed by atoms with Crippen LogP contribution in [0.15, 0.2) is 54.6 Å². The predicted octanol–water partition coefficient (Wildman–Crippen LogP) is 4.03. The summed E-state index contributed by atoms with van der Waals surface area (Å²) >= 11 is 0. The largest absolute Gasteiger partial charge is 0.508 e. The van der Waals surface area contributed by atoms with E-state index in [-0.39, 0.29) is 12.1 Å². The zero-order chi connectivity index (χ0) is 19.4. The molecule has 27 heavy (non-hydrogen) atoms. The first-order chi connectivity index (χ1) is 12.8. The third-order valence-electron chi connectivity index (χ3n) is 4.68. The number of aromatic hydroxyl groups is 1. The molecule has 1 aliphatic rings. The van der Waals surface area contributed by atoms with E-state index in [1.54, 1.807) is 11.0 Å². The molecule has 5 nitrogen and oxygen atoms in total. The molecule has 0 radical (unpaired) electrons. The third kappa shape index (κ3) is 4.80. The smallest absolute Gasteiger partial charge is 0.410 e. The predicted molar refractivity (Wildman–Crippen MR) is 106 cm³/mol. The van der Waals surface area contributed by atoms with Crippen LogP contribution >= 0.6 is 0 Å². The van der Waals surface area contributed by atoms with Crippen LogP contribution in [-0.2, 0) is 4.74 Å². The molecule has 0 spiro atoms. The van der Waals surface area contributed by atoms with Crippen LogP contribution in [0.2, 0.25) is 0 Å². The van der Waals surface area contributed by atoms with Crippen LogP contribution in [0.5, 0.6) is 5.75 Å². The number of phenolic OH excluding ortho intramolecular Hbond substituents is 1. The fourth-order valence-corrected chi connectivity index (χ4v) is 3.43. The Morgan fingerprint density at radius 1 is 0.963 bits per heavy atom. The van der Waals surface area contributed by atoms with Gasteiger partial charge in [-0.05, 0) is 32.4 Å². The minimum absolute atomic E-state index is 0.0480. The van der Waals surface area contributed by atoms with Crippen molar-refractivity contribution in [3.8, 4) is 5.75 Å². The van der Waals surface area contributed by atoms with E-state index in [1.165, 1.54) is 0 Å². The number of ether oxygens (including phenoxy) is 1. The van der Waals surface area contributed by atoms with Gasteiger partial charge in [-0.15, -0.1) is 0 Å². The molecule has 1 fully saturated rings. The number of carbonyl (C=O) groups excluding carboxylic acids is 1. The van der Waals surface area contributed by atoms with E-state index in [4.69, 9.17) is 4.74 Å². The number of piperazine rings is 1. The van der Waals surface area contributed by atoms with E-state index < -0.39 is 5.60 Å². The van der Waals surface area contributed by atoms with E-state index in [0.717, 1.165) is 11.1 Å². The van der Waals surface area contributed by atoms with Gasteiger partial charge in [0.15, 0.2) is 0 Å². The lowest BCUT2D eigenvalue weighted by Gasteiger charge is -2.40. The van der Waals surface area contributed by atoms with Crippen LogP contribution in [0, 0.1) is 0 Å². The maximum atomic E-state index is 12.3. The molecule has 144 valence electrons. The van der Waals surface area contributed by atoms with Gasteiger partial charge >= 0.3 is 6.09 Å². The summed E-state index contributed by atoms with van der Waals surface area (Å²) in [4.78, 5) is 16.4. The van der Waals surface area contributed by atoms with Gasteiger partial charge in [-0.1, -0.05) is 48.5 Å². The average Bonchev–Trinajstić information content (AvgIpc) is 2.64. The summed E-state index contributed by atoms with van der Waals surface area (Å²) in [6.45, 7) is 8.28. The summed E-state index contributed by atoms with van der Waals surface area (Å²) in [7, 11) is 0. The molecule has 3 rings (SSSR count). The lowest BCUT2D eigenvalue weighted by atomic mass is 9.95. The maximum Gasteiger partial charge on any atom is 0.410 e. The van der Waals surface area contributed by atoms with Crippen molar-refractivity contribution < 1.29 is 14.6 Å². The van der Waals surface area contributed by atoms with Crippen molar-refractivity contribution in [1.29, 1.82) is 0 Å². The second-order valence-corrected chi connectivity index (χ2v) is 7.88. The molecule has 5 heteroatoms.